The van der Waals surface area contributed by atoms with E-state index in [-0.39, 0.29) is 36.9 Å². The van der Waals surface area contributed by atoms with Gasteiger partial charge in [0, 0.05) is 49.5 Å². The maximum atomic E-state index is 14.4. The summed E-state index contributed by atoms with van der Waals surface area (Å²) in [4.78, 5) is 31.4. The lowest BCUT2D eigenvalue weighted by molar-refractivity contribution is 0.0262. The minimum atomic E-state index is -0.740. The number of hydrogen-bond acceptors (Lipinski definition) is 7. The molecule has 1 saturated heterocycles. The Bertz CT molecular complexity index is 1550. The number of piperazine rings is 1. The molecule has 1 amide bonds. The molecule has 2 N–H and O–H groups in total. The number of rotatable bonds is 7. The first kappa shape index (κ1) is 25.0. The Hall–Kier alpha value is -4.65. The summed E-state index contributed by atoms with van der Waals surface area (Å²) in [6.07, 6.45) is 7.02. The zero-order valence-electron chi connectivity index (χ0n) is 20.3. The number of aliphatic hydroxyl groups excluding tert-OH is 1. The van der Waals surface area contributed by atoms with E-state index < -0.39 is 17.8 Å². The number of halogens is 1. The molecule has 38 heavy (non-hydrogen) atoms. The highest BCUT2D eigenvalue weighted by Crippen LogP contribution is 2.27. The second-order valence-electron chi connectivity index (χ2n) is 9.05. The van der Waals surface area contributed by atoms with Crippen molar-refractivity contribution < 1.29 is 14.3 Å². The van der Waals surface area contributed by atoms with Gasteiger partial charge in [0.05, 0.1) is 55.2 Å². The van der Waals surface area contributed by atoms with E-state index in [2.05, 4.69) is 31.0 Å². The Morgan fingerprint density at radius 1 is 1.34 bits per heavy atom. The van der Waals surface area contributed by atoms with Crippen LogP contribution in [-0.4, -0.2) is 84.4 Å². The quantitative estimate of drug-likeness (QED) is 0.363. The molecule has 0 bridgehead atoms. The first-order chi connectivity index (χ1) is 18.5. The normalized spacial score (nSPS) is 16.7. The van der Waals surface area contributed by atoms with E-state index in [9.17, 15) is 19.6 Å². The fraction of sp³-hybridized carbons (Fsp3) is 0.308. The van der Waals surface area contributed by atoms with Crippen molar-refractivity contribution in [3.05, 3.63) is 72.0 Å². The van der Waals surface area contributed by atoms with Crippen LogP contribution in [-0.2, 0) is 0 Å². The van der Waals surface area contributed by atoms with Crippen LogP contribution in [0.25, 0.3) is 27.1 Å². The Labute approximate surface area is 217 Å². The number of nitriles is 1. The van der Waals surface area contributed by atoms with E-state index >= 15 is 0 Å². The number of nitrogens with zero attached hydrogens (tertiary/aromatic N) is 8. The minimum Gasteiger partial charge on any atom is -0.395 e. The van der Waals surface area contributed by atoms with Crippen LogP contribution in [0.15, 0.2) is 49.2 Å². The smallest absolute Gasteiger partial charge is 0.256 e. The zero-order valence-corrected chi connectivity index (χ0v) is 20.3. The molecule has 3 aromatic heterocycles. The predicted molar refractivity (Wildman–Crippen MR) is 135 cm³/mol. The maximum absolute atomic E-state index is 14.4. The minimum absolute atomic E-state index is 0.102. The average molecular weight is 514 g/mol. The summed E-state index contributed by atoms with van der Waals surface area (Å²) in [7, 11) is 0. The van der Waals surface area contributed by atoms with Crippen LogP contribution in [0.3, 0.4) is 0 Å². The van der Waals surface area contributed by atoms with Crippen molar-refractivity contribution in [3.63, 3.8) is 0 Å². The Morgan fingerprint density at radius 3 is 2.97 bits per heavy atom. The third-order valence-corrected chi connectivity index (χ3v) is 6.79. The van der Waals surface area contributed by atoms with Gasteiger partial charge in [0.2, 0.25) is 0 Å². The van der Waals surface area contributed by atoms with Gasteiger partial charge in [0.25, 0.3) is 5.91 Å². The summed E-state index contributed by atoms with van der Waals surface area (Å²) in [6, 6.07) is 7.21. The fourth-order valence-corrected chi connectivity index (χ4v) is 4.79. The molecule has 1 fully saturated rings. The molecule has 11 nitrogen and oxygen atoms in total. The number of fused-ring (bicyclic) bond motifs is 1. The molecule has 1 aromatic carbocycles. The van der Waals surface area contributed by atoms with Crippen LogP contribution in [0.1, 0.15) is 22.8 Å². The topological polar surface area (TPSA) is 131 Å². The third-order valence-electron chi connectivity index (χ3n) is 6.79. The molecule has 1 aliphatic heterocycles. The number of H-pyrrole nitrogens is 1. The lowest BCUT2D eigenvalue weighted by atomic mass is 10.1. The number of hydrogen-bond donors (Lipinski definition) is 2. The Kier molecular flexibility index (Phi) is 7.09. The molecule has 4 aromatic rings. The second kappa shape index (κ2) is 10.8. The van der Waals surface area contributed by atoms with Gasteiger partial charge in [-0.05, 0) is 12.1 Å². The summed E-state index contributed by atoms with van der Waals surface area (Å²) in [5.74, 6) is -1.22. The largest absolute Gasteiger partial charge is 0.395 e. The standard InChI is InChI=1S/C26H24FN9O2/c1-29-18-2-3-21(23(27)10-18)26(38)35-9-8-34(20(14-35)15-37)13-19(4-6-28)36-12-17(11-33-36)24-22-5-7-30-25(22)32-16-31-24/h2-3,5,7,10-12,16,19-20,37H,4,8-9,13-15H2,(H,30,31,32). The van der Waals surface area contributed by atoms with Crippen molar-refractivity contribution in [3.8, 4) is 17.3 Å². The number of benzene rings is 1. The Balaban J connectivity index is 1.31. The van der Waals surface area contributed by atoms with E-state index in [1.807, 2.05) is 17.2 Å². The van der Waals surface area contributed by atoms with E-state index in [4.69, 9.17) is 6.57 Å². The van der Waals surface area contributed by atoms with Crippen LogP contribution in [0.2, 0.25) is 0 Å². The van der Waals surface area contributed by atoms with Gasteiger partial charge >= 0.3 is 0 Å². The van der Waals surface area contributed by atoms with Crippen molar-refractivity contribution in [1.29, 1.82) is 5.26 Å². The lowest BCUT2D eigenvalue weighted by Crippen LogP contribution is -2.57. The van der Waals surface area contributed by atoms with Crippen molar-refractivity contribution >= 4 is 22.6 Å². The molecule has 12 heteroatoms. The molecule has 2 unspecified atom stereocenters. The van der Waals surface area contributed by atoms with E-state index in [0.29, 0.717) is 19.6 Å². The van der Waals surface area contributed by atoms with Gasteiger partial charge in [-0.2, -0.15) is 10.4 Å². The number of nitrogens with one attached hydrogen (secondary N) is 1. The van der Waals surface area contributed by atoms with E-state index in [1.54, 1.807) is 17.1 Å². The molecule has 0 saturated carbocycles. The maximum Gasteiger partial charge on any atom is 0.256 e. The number of amides is 1. The van der Waals surface area contributed by atoms with Crippen LogP contribution in [0.4, 0.5) is 10.1 Å². The van der Waals surface area contributed by atoms with Gasteiger partial charge in [0.1, 0.15) is 17.8 Å². The Morgan fingerprint density at radius 2 is 2.21 bits per heavy atom. The molecule has 4 heterocycles. The zero-order chi connectivity index (χ0) is 26.6. The van der Waals surface area contributed by atoms with Crippen LogP contribution < -0.4 is 0 Å². The van der Waals surface area contributed by atoms with E-state index in [0.717, 1.165) is 28.4 Å². The van der Waals surface area contributed by atoms with Crippen LogP contribution in [0, 0.1) is 23.7 Å². The van der Waals surface area contributed by atoms with Crippen molar-refractivity contribution in [2.24, 2.45) is 0 Å². The average Bonchev–Trinajstić information content (AvgIpc) is 3.62. The number of carbonyl (C=O) groups excluding carboxylic acids is 1. The number of carbonyl (C=O) groups is 1. The summed E-state index contributed by atoms with van der Waals surface area (Å²) in [5.41, 5.74) is 2.27. The third kappa shape index (κ3) is 4.83. The highest BCUT2D eigenvalue weighted by atomic mass is 19.1. The molecule has 0 spiro atoms. The summed E-state index contributed by atoms with van der Waals surface area (Å²) < 4.78 is 16.2. The van der Waals surface area contributed by atoms with Crippen LogP contribution in [0.5, 0.6) is 0 Å². The monoisotopic (exact) mass is 513 g/mol. The van der Waals surface area contributed by atoms with Gasteiger partial charge in [0.15, 0.2) is 5.69 Å². The van der Waals surface area contributed by atoms with Gasteiger partial charge in [-0.1, -0.05) is 12.1 Å². The SMILES string of the molecule is [C-]#[N+]c1ccc(C(=O)N2CCN(CC(CC#N)n3cc(-c4ncnc5[nH]ccc45)cn3)C(CO)C2)c(F)c1. The van der Waals surface area contributed by atoms with Crippen molar-refractivity contribution in [1.82, 2.24) is 34.5 Å². The number of aliphatic hydroxyl groups is 1. The molecule has 1 aliphatic rings. The predicted octanol–water partition coefficient (Wildman–Crippen LogP) is 2.78. The fourth-order valence-electron chi connectivity index (χ4n) is 4.79. The molecule has 0 aliphatic carbocycles. The summed E-state index contributed by atoms with van der Waals surface area (Å²) >= 11 is 0. The van der Waals surface area contributed by atoms with E-state index in [1.165, 1.54) is 23.4 Å². The van der Waals surface area contributed by atoms with Crippen LogP contribution >= 0.6 is 0 Å². The molecule has 2 atom stereocenters. The lowest BCUT2D eigenvalue weighted by Gasteiger charge is -2.41. The number of aromatic amines is 1. The molecular formula is C26H24FN9O2. The molecule has 192 valence electrons. The van der Waals surface area contributed by atoms with Crippen molar-refractivity contribution in [2.75, 3.05) is 32.8 Å². The van der Waals surface area contributed by atoms with Gasteiger partial charge < -0.3 is 15.0 Å². The first-order valence-electron chi connectivity index (χ1n) is 12.0. The number of aromatic nitrogens is 5. The second-order valence-corrected chi connectivity index (χ2v) is 9.05. The summed E-state index contributed by atoms with van der Waals surface area (Å²) in [5, 5.41) is 25.0. The van der Waals surface area contributed by atoms with Gasteiger partial charge in [-0.3, -0.25) is 14.4 Å². The molecular weight excluding hydrogens is 489 g/mol. The van der Waals surface area contributed by atoms with Crippen molar-refractivity contribution in [2.45, 2.75) is 18.5 Å². The molecule has 0 radical (unpaired) electrons. The molecule has 5 rings (SSSR count). The summed E-state index contributed by atoms with van der Waals surface area (Å²) in [6.45, 7) is 8.19. The first-order valence-corrected chi connectivity index (χ1v) is 12.0. The van der Waals surface area contributed by atoms with Gasteiger partial charge in [-0.25, -0.2) is 19.2 Å². The highest BCUT2D eigenvalue weighted by Gasteiger charge is 2.32. The van der Waals surface area contributed by atoms with Gasteiger partial charge in [-0.15, -0.1) is 0 Å². The highest BCUT2D eigenvalue weighted by molar-refractivity contribution is 5.95.